The lowest BCUT2D eigenvalue weighted by molar-refractivity contribution is -0.137. The van der Waals surface area contributed by atoms with E-state index in [4.69, 9.17) is 5.11 Å². The number of carbonyl (C=O) groups is 2. The number of halogens is 2. The van der Waals surface area contributed by atoms with Crippen LogP contribution in [0.15, 0.2) is 66.7 Å². The third-order valence-electron chi connectivity index (χ3n) is 4.90. The van der Waals surface area contributed by atoms with Crippen LogP contribution in [-0.2, 0) is 11.2 Å². The largest absolute Gasteiger partial charge is 0.503 e. The van der Waals surface area contributed by atoms with Crippen LogP contribution in [-0.4, -0.2) is 28.1 Å². The molecule has 0 saturated heterocycles. The number of amides is 1. The number of carboxylic acids is 1. The van der Waals surface area contributed by atoms with Crippen LogP contribution in [0.3, 0.4) is 0 Å². The second-order valence-corrected chi connectivity index (χ2v) is 7.13. The Hall–Kier alpha value is -3.74. The lowest BCUT2D eigenvalue weighted by atomic mass is 9.98. The van der Waals surface area contributed by atoms with Crippen LogP contribution in [0.4, 0.5) is 8.78 Å². The molecule has 7 heteroatoms. The van der Waals surface area contributed by atoms with E-state index in [2.05, 4.69) is 5.32 Å². The highest BCUT2D eigenvalue weighted by Gasteiger charge is 2.21. The summed E-state index contributed by atoms with van der Waals surface area (Å²) in [6.07, 6.45) is 0.253. The summed E-state index contributed by atoms with van der Waals surface area (Å²) in [7, 11) is 0. The Kier molecular flexibility index (Phi) is 6.97. The number of carbonyl (C=O) groups excluding carboxylic acids is 1. The SMILES string of the molecule is O=C(O)CCC(Cc1ccc(-c2ccccc2)cc1)NC(=O)c1ccc(F)c(O)c1F. The summed E-state index contributed by atoms with van der Waals surface area (Å²) in [5, 5.41) is 21.0. The van der Waals surface area contributed by atoms with Crippen molar-refractivity contribution in [3.05, 3.63) is 89.5 Å². The van der Waals surface area contributed by atoms with Crippen molar-refractivity contribution in [1.29, 1.82) is 0 Å². The maximum atomic E-state index is 14.1. The topological polar surface area (TPSA) is 86.6 Å². The minimum absolute atomic E-state index is 0.121. The van der Waals surface area contributed by atoms with E-state index >= 15 is 0 Å². The van der Waals surface area contributed by atoms with Gasteiger partial charge in [0.05, 0.1) is 5.56 Å². The molecule has 1 atom stereocenters. The van der Waals surface area contributed by atoms with Crippen LogP contribution in [0.2, 0.25) is 0 Å². The highest BCUT2D eigenvalue weighted by atomic mass is 19.1. The molecule has 0 bridgehead atoms. The standard InChI is InChI=1S/C24H21F2NO4/c25-20-12-11-19(22(26)23(20)30)24(31)27-18(10-13-21(28)29)14-15-6-8-17(9-7-15)16-4-2-1-3-5-16/h1-9,11-12,18,30H,10,13-14H2,(H,27,31)(H,28,29). The van der Waals surface area contributed by atoms with Crippen molar-refractivity contribution >= 4 is 11.9 Å². The number of aromatic hydroxyl groups is 1. The zero-order valence-corrected chi connectivity index (χ0v) is 16.5. The molecule has 3 N–H and O–H groups in total. The Morgan fingerprint density at radius 2 is 1.55 bits per heavy atom. The number of rotatable bonds is 8. The van der Waals surface area contributed by atoms with E-state index in [1.807, 2.05) is 54.6 Å². The maximum Gasteiger partial charge on any atom is 0.303 e. The maximum absolute atomic E-state index is 14.1. The van der Waals surface area contributed by atoms with Crippen molar-refractivity contribution < 1.29 is 28.6 Å². The normalized spacial score (nSPS) is 11.7. The third kappa shape index (κ3) is 5.66. The van der Waals surface area contributed by atoms with Gasteiger partial charge in [0.2, 0.25) is 0 Å². The van der Waals surface area contributed by atoms with E-state index in [0.29, 0.717) is 6.42 Å². The summed E-state index contributed by atoms with van der Waals surface area (Å²) in [6, 6.07) is 18.5. The van der Waals surface area contributed by atoms with E-state index < -0.39 is 40.9 Å². The molecule has 0 aliphatic carbocycles. The molecule has 1 unspecified atom stereocenters. The number of benzene rings is 3. The van der Waals surface area contributed by atoms with Gasteiger partial charge in [-0.2, -0.15) is 0 Å². The number of nitrogens with one attached hydrogen (secondary N) is 1. The first kappa shape index (κ1) is 22.0. The average molecular weight is 425 g/mol. The van der Waals surface area contributed by atoms with Crippen LogP contribution < -0.4 is 5.32 Å². The van der Waals surface area contributed by atoms with E-state index in [1.165, 1.54) is 0 Å². The number of phenolic OH excluding ortho intramolecular Hbond substituents is 1. The summed E-state index contributed by atoms with van der Waals surface area (Å²) in [6.45, 7) is 0. The fraction of sp³-hybridized carbons (Fsp3) is 0.167. The van der Waals surface area contributed by atoms with Gasteiger partial charge in [-0.3, -0.25) is 9.59 Å². The van der Waals surface area contributed by atoms with Crippen LogP contribution >= 0.6 is 0 Å². The van der Waals surface area contributed by atoms with Gasteiger partial charge in [0.15, 0.2) is 17.4 Å². The minimum atomic E-state index is -1.36. The summed E-state index contributed by atoms with van der Waals surface area (Å²) >= 11 is 0. The van der Waals surface area contributed by atoms with Crippen LogP contribution in [0, 0.1) is 11.6 Å². The molecule has 0 aliphatic heterocycles. The number of carboxylic acid groups (broad SMARTS) is 1. The van der Waals surface area contributed by atoms with Gasteiger partial charge in [0.25, 0.3) is 5.91 Å². The van der Waals surface area contributed by atoms with Gasteiger partial charge in [0.1, 0.15) is 0 Å². The number of hydrogen-bond acceptors (Lipinski definition) is 3. The molecule has 0 radical (unpaired) electrons. The summed E-state index contributed by atoms with van der Waals surface area (Å²) < 4.78 is 27.3. The summed E-state index contributed by atoms with van der Waals surface area (Å²) in [5.74, 6) is -5.64. The minimum Gasteiger partial charge on any atom is -0.503 e. The lowest BCUT2D eigenvalue weighted by Crippen LogP contribution is -2.37. The summed E-state index contributed by atoms with van der Waals surface area (Å²) in [5.41, 5.74) is 2.41. The van der Waals surface area contributed by atoms with Crippen LogP contribution in [0.1, 0.15) is 28.8 Å². The smallest absolute Gasteiger partial charge is 0.303 e. The molecular weight excluding hydrogens is 404 g/mol. The Morgan fingerprint density at radius 1 is 0.903 bits per heavy atom. The second kappa shape index (κ2) is 9.84. The van der Waals surface area contributed by atoms with Gasteiger partial charge in [-0.15, -0.1) is 0 Å². The molecule has 0 fully saturated rings. The Labute approximate surface area is 178 Å². The molecule has 31 heavy (non-hydrogen) atoms. The van der Waals surface area contributed by atoms with E-state index in [0.717, 1.165) is 28.8 Å². The zero-order valence-electron chi connectivity index (χ0n) is 16.5. The zero-order chi connectivity index (χ0) is 22.4. The van der Waals surface area contributed by atoms with E-state index in [1.54, 1.807) is 0 Å². The highest BCUT2D eigenvalue weighted by Crippen LogP contribution is 2.24. The van der Waals surface area contributed by atoms with E-state index in [-0.39, 0.29) is 12.8 Å². The van der Waals surface area contributed by atoms with Gasteiger partial charge in [-0.25, -0.2) is 8.78 Å². The molecule has 1 amide bonds. The molecule has 160 valence electrons. The first-order valence-electron chi connectivity index (χ1n) is 9.69. The second-order valence-electron chi connectivity index (χ2n) is 7.13. The number of hydrogen-bond donors (Lipinski definition) is 3. The average Bonchev–Trinajstić information content (AvgIpc) is 2.77. The first-order valence-corrected chi connectivity index (χ1v) is 9.69. The molecule has 3 aromatic rings. The molecule has 3 aromatic carbocycles. The number of phenols is 1. The van der Waals surface area contributed by atoms with Crippen molar-refractivity contribution in [3.8, 4) is 16.9 Å². The first-order chi connectivity index (χ1) is 14.8. The lowest BCUT2D eigenvalue weighted by Gasteiger charge is -2.19. The van der Waals surface area contributed by atoms with Crippen LogP contribution in [0.25, 0.3) is 11.1 Å². The summed E-state index contributed by atoms with van der Waals surface area (Å²) in [4.78, 5) is 23.5. The molecule has 0 saturated carbocycles. The quantitative estimate of drug-likeness (QED) is 0.494. The third-order valence-corrected chi connectivity index (χ3v) is 4.90. The van der Waals surface area contributed by atoms with Gasteiger partial charge < -0.3 is 15.5 Å². The highest BCUT2D eigenvalue weighted by molar-refractivity contribution is 5.95. The van der Waals surface area contributed by atoms with Crippen LogP contribution in [0.5, 0.6) is 5.75 Å². The van der Waals surface area contributed by atoms with Crippen molar-refractivity contribution in [3.63, 3.8) is 0 Å². The predicted octanol–water partition coefficient (Wildman–Crippen LogP) is 4.54. The molecular formula is C24H21F2NO4. The van der Waals surface area contributed by atoms with Crippen molar-refractivity contribution in [2.45, 2.75) is 25.3 Å². The predicted molar refractivity (Wildman–Crippen MR) is 112 cm³/mol. The fourth-order valence-corrected chi connectivity index (χ4v) is 3.25. The Balaban J connectivity index is 1.75. The van der Waals surface area contributed by atoms with Gasteiger partial charge in [-0.05, 0) is 41.7 Å². The van der Waals surface area contributed by atoms with Crippen molar-refractivity contribution in [2.75, 3.05) is 0 Å². The Morgan fingerprint density at radius 3 is 2.19 bits per heavy atom. The molecule has 3 rings (SSSR count). The number of aliphatic carboxylic acids is 1. The fourth-order valence-electron chi connectivity index (χ4n) is 3.25. The van der Waals surface area contributed by atoms with E-state index in [9.17, 15) is 23.5 Å². The molecule has 5 nitrogen and oxygen atoms in total. The molecule has 0 spiro atoms. The van der Waals surface area contributed by atoms with Crippen molar-refractivity contribution in [1.82, 2.24) is 5.32 Å². The molecule has 0 aliphatic rings. The van der Waals surface area contributed by atoms with Gasteiger partial charge in [0, 0.05) is 12.5 Å². The van der Waals surface area contributed by atoms with Crippen molar-refractivity contribution in [2.24, 2.45) is 0 Å². The Bertz CT molecular complexity index is 1070. The monoisotopic (exact) mass is 425 g/mol. The van der Waals surface area contributed by atoms with Gasteiger partial charge in [-0.1, -0.05) is 54.6 Å². The molecule has 0 aromatic heterocycles. The van der Waals surface area contributed by atoms with Gasteiger partial charge >= 0.3 is 5.97 Å². The molecule has 0 heterocycles.